The number of nitrogens with zero attached hydrogens (tertiary/aromatic N) is 4. The number of benzene rings is 2. The van der Waals surface area contributed by atoms with Gasteiger partial charge >= 0.3 is 0 Å². The first-order valence-electron chi connectivity index (χ1n) is 8.97. The highest BCUT2D eigenvalue weighted by Crippen LogP contribution is 2.40. The van der Waals surface area contributed by atoms with Crippen molar-refractivity contribution in [2.45, 2.75) is 6.92 Å². The van der Waals surface area contributed by atoms with Crippen LogP contribution >= 0.6 is 0 Å². The molecule has 0 aliphatic heterocycles. The molecule has 0 spiro atoms. The van der Waals surface area contributed by atoms with Gasteiger partial charge in [-0.15, -0.1) is 0 Å². The molecule has 2 heterocycles. The lowest BCUT2D eigenvalue weighted by Gasteiger charge is -2.14. The van der Waals surface area contributed by atoms with Crippen molar-refractivity contribution in [3.8, 4) is 23.2 Å². The summed E-state index contributed by atoms with van der Waals surface area (Å²) in [5, 5.41) is 4.30. The Morgan fingerprint density at radius 3 is 2.34 bits per heavy atom. The van der Waals surface area contributed by atoms with Crippen LogP contribution in [0.25, 0.3) is 16.9 Å². The minimum Gasteiger partial charge on any atom is -0.493 e. The SMILES string of the molecule is COc1cc(Nc2ncnc(-n3ccc4cc(C)ccc43)n2)cc(OC)c1OC. The Balaban J connectivity index is 1.69. The molecule has 2 aromatic heterocycles. The van der Waals surface area contributed by atoms with Gasteiger partial charge in [0.25, 0.3) is 0 Å². The molecule has 0 amide bonds. The molecule has 4 aromatic rings. The van der Waals surface area contributed by atoms with E-state index in [0.717, 1.165) is 10.9 Å². The lowest BCUT2D eigenvalue weighted by atomic mass is 10.2. The fourth-order valence-electron chi connectivity index (χ4n) is 3.18. The van der Waals surface area contributed by atoms with Crippen molar-refractivity contribution in [3.05, 3.63) is 54.5 Å². The zero-order chi connectivity index (χ0) is 20.4. The highest BCUT2D eigenvalue weighted by molar-refractivity contribution is 5.82. The Hall–Kier alpha value is -3.81. The van der Waals surface area contributed by atoms with E-state index < -0.39 is 0 Å². The molecule has 0 atom stereocenters. The first kappa shape index (κ1) is 18.5. The van der Waals surface area contributed by atoms with Crippen LogP contribution < -0.4 is 19.5 Å². The fourth-order valence-corrected chi connectivity index (χ4v) is 3.18. The minimum absolute atomic E-state index is 0.401. The maximum Gasteiger partial charge on any atom is 0.238 e. The lowest BCUT2D eigenvalue weighted by molar-refractivity contribution is 0.324. The van der Waals surface area contributed by atoms with Gasteiger partial charge in [-0.1, -0.05) is 11.6 Å². The van der Waals surface area contributed by atoms with Crippen molar-refractivity contribution in [2.75, 3.05) is 26.6 Å². The average molecular weight is 391 g/mol. The van der Waals surface area contributed by atoms with Gasteiger partial charge in [0.05, 0.1) is 26.8 Å². The number of anilines is 2. The molecule has 0 bridgehead atoms. The molecule has 1 N–H and O–H groups in total. The second-order valence-electron chi connectivity index (χ2n) is 6.40. The molecule has 148 valence electrons. The Labute approximate surface area is 168 Å². The third kappa shape index (κ3) is 3.52. The number of hydrogen-bond acceptors (Lipinski definition) is 7. The number of fused-ring (bicyclic) bond motifs is 1. The van der Waals surface area contributed by atoms with Crippen LogP contribution in [0.2, 0.25) is 0 Å². The third-order valence-electron chi connectivity index (χ3n) is 4.54. The summed E-state index contributed by atoms with van der Waals surface area (Å²) in [7, 11) is 4.70. The minimum atomic E-state index is 0.401. The average Bonchev–Trinajstić information content (AvgIpc) is 3.16. The quantitative estimate of drug-likeness (QED) is 0.534. The molecule has 8 nitrogen and oxygen atoms in total. The monoisotopic (exact) mass is 391 g/mol. The van der Waals surface area contributed by atoms with Gasteiger partial charge in [-0.25, -0.2) is 9.97 Å². The zero-order valence-corrected chi connectivity index (χ0v) is 16.6. The Kier molecular flexibility index (Phi) is 4.90. The number of hydrogen-bond donors (Lipinski definition) is 1. The van der Waals surface area contributed by atoms with E-state index in [1.165, 1.54) is 11.9 Å². The highest BCUT2D eigenvalue weighted by atomic mass is 16.5. The molecular formula is C21H21N5O3. The van der Waals surface area contributed by atoms with Crippen molar-refractivity contribution in [2.24, 2.45) is 0 Å². The highest BCUT2D eigenvalue weighted by Gasteiger charge is 2.14. The summed E-state index contributed by atoms with van der Waals surface area (Å²) in [4.78, 5) is 13.1. The summed E-state index contributed by atoms with van der Waals surface area (Å²) in [5.41, 5.74) is 2.93. The van der Waals surface area contributed by atoms with Crippen LogP contribution in [-0.4, -0.2) is 40.8 Å². The van der Waals surface area contributed by atoms with E-state index in [2.05, 4.69) is 45.4 Å². The molecule has 0 fully saturated rings. The van der Waals surface area contributed by atoms with E-state index >= 15 is 0 Å². The summed E-state index contributed by atoms with van der Waals surface area (Å²) in [5.74, 6) is 2.52. The smallest absolute Gasteiger partial charge is 0.238 e. The standard InChI is InChI=1S/C21H21N5O3/c1-13-5-6-16-14(9-13)7-8-26(16)21-23-12-22-20(25-21)24-15-10-17(27-2)19(29-4)18(11-15)28-3/h5-12H,1-4H3,(H,22,23,24,25). The maximum absolute atomic E-state index is 5.40. The molecular weight excluding hydrogens is 370 g/mol. The van der Waals surface area contributed by atoms with Gasteiger partial charge in [0, 0.05) is 29.4 Å². The summed E-state index contributed by atoms with van der Waals surface area (Å²) >= 11 is 0. The largest absolute Gasteiger partial charge is 0.493 e. The van der Waals surface area contributed by atoms with Crippen molar-refractivity contribution in [3.63, 3.8) is 0 Å². The molecule has 4 rings (SSSR count). The number of aryl methyl sites for hydroxylation is 1. The number of rotatable bonds is 6. The first-order valence-corrected chi connectivity index (χ1v) is 8.97. The van der Waals surface area contributed by atoms with E-state index in [-0.39, 0.29) is 0 Å². The molecule has 0 aliphatic carbocycles. The predicted octanol–water partition coefficient (Wildman–Crippen LogP) is 3.89. The van der Waals surface area contributed by atoms with Gasteiger partial charge in [0.1, 0.15) is 6.33 Å². The molecule has 0 saturated heterocycles. The Morgan fingerprint density at radius 1 is 0.897 bits per heavy atom. The number of ether oxygens (including phenoxy) is 3. The van der Waals surface area contributed by atoms with Gasteiger partial charge in [-0.2, -0.15) is 4.98 Å². The molecule has 2 aromatic carbocycles. The summed E-state index contributed by atoms with van der Waals surface area (Å²) in [6, 6.07) is 11.9. The van der Waals surface area contributed by atoms with Crippen LogP contribution in [0.3, 0.4) is 0 Å². The summed E-state index contributed by atoms with van der Waals surface area (Å²) < 4.78 is 18.1. The zero-order valence-electron chi connectivity index (χ0n) is 16.6. The second kappa shape index (κ2) is 7.67. The van der Waals surface area contributed by atoms with Crippen LogP contribution in [0.1, 0.15) is 5.56 Å². The van der Waals surface area contributed by atoms with Gasteiger partial charge in [-0.3, -0.25) is 4.57 Å². The molecule has 29 heavy (non-hydrogen) atoms. The van der Waals surface area contributed by atoms with Crippen LogP contribution in [0.4, 0.5) is 11.6 Å². The van der Waals surface area contributed by atoms with E-state index in [1.807, 2.05) is 16.8 Å². The van der Waals surface area contributed by atoms with Gasteiger partial charge in [-0.05, 0) is 25.1 Å². The molecule has 0 aliphatic rings. The maximum atomic E-state index is 5.40. The Morgan fingerprint density at radius 2 is 1.66 bits per heavy atom. The van der Waals surface area contributed by atoms with Crippen molar-refractivity contribution < 1.29 is 14.2 Å². The predicted molar refractivity (Wildman–Crippen MR) is 111 cm³/mol. The normalized spacial score (nSPS) is 10.8. The van der Waals surface area contributed by atoms with E-state index in [9.17, 15) is 0 Å². The van der Waals surface area contributed by atoms with E-state index in [4.69, 9.17) is 14.2 Å². The third-order valence-corrected chi connectivity index (χ3v) is 4.54. The number of aromatic nitrogens is 4. The molecule has 0 radical (unpaired) electrons. The van der Waals surface area contributed by atoms with Crippen molar-refractivity contribution in [1.82, 2.24) is 19.5 Å². The van der Waals surface area contributed by atoms with E-state index in [0.29, 0.717) is 34.8 Å². The molecule has 0 saturated carbocycles. The Bertz CT molecular complexity index is 1150. The van der Waals surface area contributed by atoms with Crippen molar-refractivity contribution >= 4 is 22.5 Å². The molecule has 8 heteroatoms. The molecule has 0 unspecified atom stereocenters. The van der Waals surface area contributed by atoms with Gasteiger partial charge in [0.2, 0.25) is 17.6 Å². The van der Waals surface area contributed by atoms with Gasteiger partial charge < -0.3 is 19.5 Å². The summed E-state index contributed by atoms with van der Waals surface area (Å²) in [6.07, 6.45) is 3.42. The van der Waals surface area contributed by atoms with Crippen LogP contribution in [0, 0.1) is 6.92 Å². The summed E-state index contributed by atoms with van der Waals surface area (Å²) in [6.45, 7) is 2.07. The van der Waals surface area contributed by atoms with Gasteiger partial charge in [0.15, 0.2) is 11.5 Å². The lowest BCUT2D eigenvalue weighted by Crippen LogP contribution is -2.05. The fraction of sp³-hybridized carbons (Fsp3) is 0.190. The van der Waals surface area contributed by atoms with Crippen LogP contribution in [-0.2, 0) is 0 Å². The van der Waals surface area contributed by atoms with Crippen LogP contribution in [0.5, 0.6) is 17.2 Å². The van der Waals surface area contributed by atoms with Crippen molar-refractivity contribution in [1.29, 1.82) is 0 Å². The number of nitrogens with one attached hydrogen (secondary N) is 1. The number of methoxy groups -OCH3 is 3. The topological polar surface area (TPSA) is 83.3 Å². The second-order valence-corrected chi connectivity index (χ2v) is 6.40. The van der Waals surface area contributed by atoms with Crippen LogP contribution in [0.15, 0.2) is 48.9 Å². The first-order chi connectivity index (χ1) is 14.1. The van der Waals surface area contributed by atoms with E-state index in [1.54, 1.807) is 33.5 Å².